The van der Waals surface area contributed by atoms with E-state index in [-0.39, 0.29) is 17.5 Å². The zero-order valence-electron chi connectivity index (χ0n) is 11.1. The fourth-order valence-corrected chi connectivity index (χ4v) is 1.96. The van der Waals surface area contributed by atoms with Crippen molar-refractivity contribution in [1.82, 2.24) is 0 Å². The smallest absolute Gasteiger partial charge is 0.416 e. The van der Waals surface area contributed by atoms with Gasteiger partial charge in [-0.2, -0.15) is 13.2 Å². The molecule has 21 heavy (non-hydrogen) atoms. The maximum atomic E-state index is 12.5. The van der Waals surface area contributed by atoms with Crippen molar-refractivity contribution < 1.29 is 23.4 Å². The molecular weight excluding hydrogens is 283 g/mol. The molecule has 0 amide bonds. The first-order valence-electron chi connectivity index (χ1n) is 6.22. The first-order valence-corrected chi connectivity index (χ1v) is 6.22. The van der Waals surface area contributed by atoms with Gasteiger partial charge in [-0.25, -0.2) is 0 Å². The summed E-state index contributed by atoms with van der Waals surface area (Å²) in [5.41, 5.74) is 0.418. The SMILES string of the molecule is CC(Nc1ccc(C(F)(F)F)cc1)c1cc(O)cc(O)c1. The fourth-order valence-electron chi connectivity index (χ4n) is 1.96. The molecule has 0 bridgehead atoms. The van der Waals surface area contributed by atoms with Gasteiger partial charge in [0.25, 0.3) is 0 Å². The molecule has 0 saturated heterocycles. The molecule has 0 aliphatic heterocycles. The molecule has 1 unspecified atom stereocenters. The molecule has 0 aromatic heterocycles. The van der Waals surface area contributed by atoms with Crippen LogP contribution in [0.2, 0.25) is 0 Å². The molecule has 0 fully saturated rings. The Kier molecular flexibility index (Phi) is 3.97. The summed E-state index contributed by atoms with van der Waals surface area (Å²) in [7, 11) is 0. The Morgan fingerprint density at radius 1 is 0.952 bits per heavy atom. The fraction of sp³-hybridized carbons (Fsp3) is 0.200. The van der Waals surface area contributed by atoms with E-state index in [1.165, 1.54) is 30.3 Å². The van der Waals surface area contributed by atoms with Gasteiger partial charge in [0.05, 0.1) is 5.56 Å². The van der Waals surface area contributed by atoms with Crippen LogP contribution in [0.3, 0.4) is 0 Å². The monoisotopic (exact) mass is 297 g/mol. The number of rotatable bonds is 3. The highest BCUT2D eigenvalue weighted by Gasteiger charge is 2.29. The Morgan fingerprint density at radius 3 is 1.95 bits per heavy atom. The van der Waals surface area contributed by atoms with Crippen molar-refractivity contribution in [3.05, 3.63) is 53.6 Å². The highest BCUT2D eigenvalue weighted by atomic mass is 19.4. The van der Waals surface area contributed by atoms with Crippen LogP contribution in [0.5, 0.6) is 11.5 Å². The summed E-state index contributed by atoms with van der Waals surface area (Å²) in [6.07, 6.45) is -4.36. The summed E-state index contributed by atoms with van der Waals surface area (Å²) < 4.78 is 37.4. The number of nitrogens with one attached hydrogen (secondary N) is 1. The molecule has 2 aromatic carbocycles. The van der Waals surface area contributed by atoms with Gasteiger partial charge in [0.1, 0.15) is 11.5 Å². The van der Waals surface area contributed by atoms with E-state index < -0.39 is 11.7 Å². The Labute approximate surface area is 119 Å². The molecule has 1 atom stereocenters. The topological polar surface area (TPSA) is 52.5 Å². The van der Waals surface area contributed by atoms with Crippen molar-refractivity contribution in [3.63, 3.8) is 0 Å². The van der Waals surface area contributed by atoms with Crippen LogP contribution in [-0.4, -0.2) is 10.2 Å². The number of benzene rings is 2. The third kappa shape index (κ3) is 3.81. The lowest BCUT2D eigenvalue weighted by Gasteiger charge is -2.17. The van der Waals surface area contributed by atoms with Gasteiger partial charge in [-0.05, 0) is 48.9 Å². The molecule has 0 radical (unpaired) electrons. The van der Waals surface area contributed by atoms with Crippen molar-refractivity contribution in [2.45, 2.75) is 19.1 Å². The van der Waals surface area contributed by atoms with Gasteiger partial charge >= 0.3 is 6.18 Å². The van der Waals surface area contributed by atoms with E-state index in [1.54, 1.807) is 6.92 Å². The van der Waals surface area contributed by atoms with Gasteiger partial charge < -0.3 is 15.5 Å². The predicted octanol–water partition coefficient (Wildman–Crippen LogP) is 4.29. The van der Waals surface area contributed by atoms with Crippen LogP contribution in [0, 0.1) is 0 Å². The number of anilines is 1. The number of aromatic hydroxyl groups is 2. The molecule has 6 heteroatoms. The third-order valence-electron chi connectivity index (χ3n) is 3.02. The van der Waals surface area contributed by atoms with Crippen LogP contribution in [0.1, 0.15) is 24.1 Å². The highest BCUT2D eigenvalue weighted by molar-refractivity contribution is 5.48. The number of hydrogen-bond donors (Lipinski definition) is 3. The first-order chi connectivity index (χ1) is 9.75. The zero-order chi connectivity index (χ0) is 15.6. The van der Waals surface area contributed by atoms with Crippen LogP contribution >= 0.6 is 0 Å². The molecule has 3 nitrogen and oxygen atoms in total. The summed E-state index contributed by atoms with van der Waals surface area (Å²) in [4.78, 5) is 0. The van der Waals surface area contributed by atoms with E-state index in [4.69, 9.17) is 0 Å². The first kappa shape index (κ1) is 15.0. The number of phenols is 2. The molecule has 2 rings (SSSR count). The van der Waals surface area contributed by atoms with Crippen LogP contribution in [-0.2, 0) is 6.18 Å². The third-order valence-corrected chi connectivity index (χ3v) is 3.02. The molecule has 0 aliphatic rings. The van der Waals surface area contributed by atoms with Crippen LogP contribution in [0.25, 0.3) is 0 Å². The molecule has 0 spiro atoms. The Hall–Kier alpha value is -2.37. The second kappa shape index (κ2) is 5.55. The van der Waals surface area contributed by atoms with E-state index in [0.717, 1.165) is 12.1 Å². The van der Waals surface area contributed by atoms with E-state index in [1.807, 2.05) is 0 Å². The van der Waals surface area contributed by atoms with Gasteiger partial charge in [-0.1, -0.05) is 0 Å². The zero-order valence-corrected chi connectivity index (χ0v) is 11.1. The molecular formula is C15H14F3NO2. The maximum Gasteiger partial charge on any atom is 0.416 e. The van der Waals surface area contributed by atoms with E-state index in [0.29, 0.717) is 11.3 Å². The summed E-state index contributed by atoms with van der Waals surface area (Å²) in [6.45, 7) is 1.77. The number of halogens is 3. The predicted molar refractivity (Wildman–Crippen MR) is 73.3 cm³/mol. The lowest BCUT2D eigenvalue weighted by atomic mass is 10.1. The molecule has 3 N–H and O–H groups in total. The number of alkyl halides is 3. The summed E-state index contributed by atoms with van der Waals surface area (Å²) in [6, 6.07) is 8.52. The number of phenolic OH excluding ortho intramolecular Hbond substituents is 2. The van der Waals surface area contributed by atoms with Gasteiger partial charge in [0.15, 0.2) is 0 Å². The van der Waals surface area contributed by atoms with Gasteiger partial charge in [0, 0.05) is 17.8 Å². The van der Waals surface area contributed by atoms with Gasteiger partial charge in [-0.3, -0.25) is 0 Å². The minimum Gasteiger partial charge on any atom is -0.508 e. The molecule has 0 saturated carbocycles. The van der Waals surface area contributed by atoms with Crippen molar-refractivity contribution >= 4 is 5.69 Å². The summed E-state index contributed by atoms with van der Waals surface area (Å²) >= 11 is 0. The largest absolute Gasteiger partial charge is 0.508 e. The van der Waals surface area contributed by atoms with Crippen LogP contribution < -0.4 is 5.32 Å². The lowest BCUT2D eigenvalue weighted by Crippen LogP contribution is -2.08. The Bertz CT molecular complexity index is 604. The second-order valence-corrected chi connectivity index (χ2v) is 4.72. The van der Waals surface area contributed by atoms with Crippen molar-refractivity contribution in [2.75, 3.05) is 5.32 Å². The quantitative estimate of drug-likeness (QED) is 0.792. The normalized spacial score (nSPS) is 13.0. The van der Waals surface area contributed by atoms with Crippen molar-refractivity contribution in [3.8, 4) is 11.5 Å². The Morgan fingerprint density at radius 2 is 1.48 bits per heavy atom. The van der Waals surface area contributed by atoms with E-state index in [2.05, 4.69) is 5.32 Å². The number of hydrogen-bond acceptors (Lipinski definition) is 3. The minimum atomic E-state index is -4.36. The van der Waals surface area contributed by atoms with Crippen LogP contribution in [0.4, 0.5) is 18.9 Å². The van der Waals surface area contributed by atoms with Crippen molar-refractivity contribution in [1.29, 1.82) is 0 Å². The average Bonchev–Trinajstić information content (AvgIpc) is 2.37. The minimum absolute atomic E-state index is 0.0777. The standard InChI is InChI=1S/C15H14F3NO2/c1-9(10-6-13(20)8-14(21)7-10)19-12-4-2-11(3-5-12)15(16,17)18/h2-9,19-21H,1H3. The Balaban J connectivity index is 2.14. The van der Waals surface area contributed by atoms with Crippen LogP contribution in [0.15, 0.2) is 42.5 Å². The summed E-state index contributed by atoms with van der Waals surface area (Å²) in [5, 5.41) is 21.8. The van der Waals surface area contributed by atoms with Gasteiger partial charge in [-0.15, -0.1) is 0 Å². The molecule has 112 valence electrons. The maximum absolute atomic E-state index is 12.5. The molecule has 2 aromatic rings. The molecule has 0 heterocycles. The van der Waals surface area contributed by atoms with Gasteiger partial charge in [0.2, 0.25) is 0 Å². The highest BCUT2D eigenvalue weighted by Crippen LogP contribution is 2.31. The average molecular weight is 297 g/mol. The van der Waals surface area contributed by atoms with Crippen molar-refractivity contribution in [2.24, 2.45) is 0 Å². The molecule has 0 aliphatic carbocycles. The summed E-state index contributed by atoms with van der Waals surface area (Å²) in [5.74, 6) is -0.155. The second-order valence-electron chi connectivity index (χ2n) is 4.72. The van der Waals surface area contributed by atoms with E-state index in [9.17, 15) is 23.4 Å². The lowest BCUT2D eigenvalue weighted by molar-refractivity contribution is -0.137. The van der Waals surface area contributed by atoms with E-state index >= 15 is 0 Å².